The van der Waals surface area contributed by atoms with Gasteiger partial charge >= 0.3 is 0 Å². The zero-order valence-electron chi connectivity index (χ0n) is 19.7. The Bertz CT molecular complexity index is 1440. The summed E-state index contributed by atoms with van der Waals surface area (Å²) >= 11 is 1.63. The van der Waals surface area contributed by atoms with E-state index in [1.165, 1.54) is 16.5 Å². The van der Waals surface area contributed by atoms with Crippen LogP contribution in [-0.2, 0) is 5.75 Å². The number of amides is 1. The highest BCUT2D eigenvalue weighted by molar-refractivity contribution is 7.98. The van der Waals surface area contributed by atoms with Crippen molar-refractivity contribution in [1.82, 2.24) is 15.5 Å². The van der Waals surface area contributed by atoms with Crippen LogP contribution in [0.5, 0.6) is 0 Å². The molecule has 5 nitrogen and oxygen atoms in total. The molecule has 0 spiro atoms. The second-order valence-electron chi connectivity index (χ2n) is 8.55. The third kappa shape index (κ3) is 4.88. The summed E-state index contributed by atoms with van der Waals surface area (Å²) in [7, 11) is 0. The third-order valence-electron chi connectivity index (χ3n) is 6.35. The standard InChI is InChI=1S/C29H27N3O2S/c1-19-26(20(2)34-32-19)18-35-28-15-9-7-13-23(28)29(33)31-16-24(21-10-4-3-5-11-21)25-17-30-27-14-8-6-12-22(25)27/h3-15,17,24,30H,16,18H2,1-2H3,(H,31,33). The minimum absolute atomic E-state index is 0.0263. The molecule has 176 valence electrons. The van der Waals surface area contributed by atoms with Crippen molar-refractivity contribution in [2.24, 2.45) is 0 Å². The largest absolute Gasteiger partial charge is 0.361 e. The van der Waals surface area contributed by atoms with Crippen LogP contribution in [0.4, 0.5) is 0 Å². The number of carbonyl (C=O) groups is 1. The van der Waals surface area contributed by atoms with Gasteiger partial charge in [-0.1, -0.05) is 65.8 Å². The number of carbonyl (C=O) groups excluding carboxylic acids is 1. The molecule has 1 atom stereocenters. The highest BCUT2D eigenvalue weighted by Crippen LogP contribution is 2.32. The fourth-order valence-electron chi connectivity index (χ4n) is 4.40. The Hall–Kier alpha value is -3.77. The van der Waals surface area contributed by atoms with Gasteiger partial charge in [0, 0.05) is 45.8 Å². The number of aryl methyl sites for hydroxylation is 2. The van der Waals surface area contributed by atoms with Crippen LogP contribution < -0.4 is 5.32 Å². The van der Waals surface area contributed by atoms with Crippen molar-refractivity contribution in [3.05, 3.63) is 119 Å². The van der Waals surface area contributed by atoms with Gasteiger partial charge in [0.25, 0.3) is 5.91 Å². The SMILES string of the molecule is Cc1noc(C)c1CSc1ccccc1C(=O)NCC(c1ccccc1)c1c[nH]c2ccccc12. The molecule has 0 radical (unpaired) electrons. The van der Waals surface area contributed by atoms with Crippen LogP contribution in [0.3, 0.4) is 0 Å². The van der Waals surface area contributed by atoms with E-state index >= 15 is 0 Å². The number of para-hydroxylation sites is 1. The molecule has 0 aliphatic rings. The molecule has 0 aliphatic carbocycles. The predicted molar refractivity (Wildman–Crippen MR) is 141 cm³/mol. The summed E-state index contributed by atoms with van der Waals surface area (Å²) in [6, 6.07) is 26.4. The number of hydrogen-bond acceptors (Lipinski definition) is 4. The van der Waals surface area contributed by atoms with Crippen LogP contribution in [0.2, 0.25) is 0 Å². The minimum Gasteiger partial charge on any atom is -0.361 e. The normalized spacial score (nSPS) is 12.1. The quantitative estimate of drug-likeness (QED) is 0.244. The summed E-state index contributed by atoms with van der Waals surface area (Å²) in [6.07, 6.45) is 2.06. The number of thioether (sulfide) groups is 1. The predicted octanol–water partition coefficient (Wildman–Crippen LogP) is 6.63. The Balaban J connectivity index is 1.37. The van der Waals surface area contributed by atoms with Crippen LogP contribution in [-0.4, -0.2) is 22.6 Å². The molecule has 6 heteroatoms. The number of hydrogen-bond donors (Lipinski definition) is 2. The van der Waals surface area contributed by atoms with Gasteiger partial charge in [0.2, 0.25) is 0 Å². The maximum Gasteiger partial charge on any atom is 0.252 e. The highest BCUT2D eigenvalue weighted by atomic mass is 32.2. The number of rotatable bonds is 8. The summed E-state index contributed by atoms with van der Waals surface area (Å²) in [5.74, 6) is 1.47. The van der Waals surface area contributed by atoms with Crippen molar-refractivity contribution in [2.75, 3.05) is 6.54 Å². The van der Waals surface area contributed by atoms with Gasteiger partial charge in [-0.25, -0.2) is 0 Å². The summed E-state index contributed by atoms with van der Waals surface area (Å²) < 4.78 is 5.29. The molecule has 0 fully saturated rings. The molecule has 2 aromatic heterocycles. The van der Waals surface area contributed by atoms with E-state index in [2.05, 4.69) is 45.9 Å². The lowest BCUT2D eigenvalue weighted by molar-refractivity contribution is 0.0949. The molecule has 2 heterocycles. The van der Waals surface area contributed by atoms with E-state index in [4.69, 9.17) is 4.52 Å². The van der Waals surface area contributed by atoms with Gasteiger partial charge in [0.15, 0.2) is 0 Å². The van der Waals surface area contributed by atoms with Gasteiger partial charge in [0.05, 0.1) is 11.3 Å². The summed E-state index contributed by atoms with van der Waals surface area (Å²) in [5.41, 5.74) is 6.08. The Morgan fingerprint density at radius 2 is 1.74 bits per heavy atom. The smallest absolute Gasteiger partial charge is 0.252 e. The van der Waals surface area contributed by atoms with Crippen LogP contribution in [0.25, 0.3) is 10.9 Å². The average Bonchev–Trinajstić information content (AvgIpc) is 3.46. The lowest BCUT2D eigenvalue weighted by Gasteiger charge is -2.19. The highest BCUT2D eigenvalue weighted by Gasteiger charge is 2.20. The number of aromatic nitrogens is 2. The summed E-state index contributed by atoms with van der Waals surface area (Å²) in [6.45, 7) is 4.36. The number of benzene rings is 3. The van der Waals surface area contributed by atoms with Crippen molar-refractivity contribution in [2.45, 2.75) is 30.4 Å². The molecule has 1 amide bonds. The molecular formula is C29H27N3O2S. The minimum atomic E-state index is -0.0763. The zero-order chi connectivity index (χ0) is 24.2. The summed E-state index contributed by atoms with van der Waals surface area (Å²) in [4.78, 5) is 17.7. The molecule has 5 rings (SSSR count). The van der Waals surface area contributed by atoms with Crippen LogP contribution in [0.15, 0.2) is 94.5 Å². The Labute approximate surface area is 208 Å². The number of nitrogens with one attached hydrogen (secondary N) is 2. The molecule has 5 aromatic rings. The van der Waals surface area contributed by atoms with Crippen LogP contribution >= 0.6 is 11.8 Å². The lowest BCUT2D eigenvalue weighted by Crippen LogP contribution is -2.29. The maximum atomic E-state index is 13.4. The number of aromatic amines is 1. The van der Waals surface area contributed by atoms with Gasteiger partial charge < -0.3 is 14.8 Å². The zero-order valence-corrected chi connectivity index (χ0v) is 20.6. The van der Waals surface area contributed by atoms with Crippen molar-refractivity contribution in [1.29, 1.82) is 0 Å². The van der Waals surface area contributed by atoms with Gasteiger partial charge in [-0.3, -0.25) is 4.79 Å². The van der Waals surface area contributed by atoms with Crippen molar-refractivity contribution >= 4 is 28.6 Å². The number of fused-ring (bicyclic) bond motifs is 1. The molecule has 0 saturated heterocycles. The second kappa shape index (κ2) is 10.2. The van der Waals surface area contributed by atoms with Gasteiger partial charge in [0.1, 0.15) is 5.76 Å². The van der Waals surface area contributed by atoms with E-state index in [1.54, 1.807) is 11.8 Å². The molecule has 35 heavy (non-hydrogen) atoms. The Kier molecular flexibility index (Phi) is 6.73. The van der Waals surface area contributed by atoms with E-state index < -0.39 is 0 Å². The van der Waals surface area contributed by atoms with E-state index in [0.717, 1.165) is 27.4 Å². The molecule has 3 aromatic carbocycles. The van der Waals surface area contributed by atoms with E-state index in [0.29, 0.717) is 17.9 Å². The molecule has 2 N–H and O–H groups in total. The first kappa shape index (κ1) is 23.0. The third-order valence-corrected chi connectivity index (χ3v) is 7.45. The van der Waals surface area contributed by atoms with Gasteiger partial charge in [-0.05, 0) is 43.2 Å². The summed E-state index contributed by atoms with van der Waals surface area (Å²) in [5, 5.41) is 8.42. The molecule has 1 unspecified atom stereocenters. The monoisotopic (exact) mass is 481 g/mol. The molecule has 0 saturated carbocycles. The van der Waals surface area contributed by atoms with E-state index in [1.807, 2.05) is 68.4 Å². The van der Waals surface area contributed by atoms with Crippen molar-refractivity contribution < 1.29 is 9.32 Å². The van der Waals surface area contributed by atoms with Crippen LogP contribution in [0, 0.1) is 13.8 Å². The van der Waals surface area contributed by atoms with E-state index in [-0.39, 0.29) is 11.8 Å². The van der Waals surface area contributed by atoms with Gasteiger partial charge in [-0.2, -0.15) is 0 Å². The Morgan fingerprint density at radius 3 is 2.54 bits per heavy atom. The molecular weight excluding hydrogens is 454 g/mol. The van der Waals surface area contributed by atoms with Gasteiger partial charge in [-0.15, -0.1) is 11.8 Å². The van der Waals surface area contributed by atoms with E-state index in [9.17, 15) is 4.79 Å². The first-order valence-corrected chi connectivity index (χ1v) is 12.6. The first-order valence-electron chi connectivity index (χ1n) is 11.6. The average molecular weight is 482 g/mol. The second-order valence-corrected chi connectivity index (χ2v) is 9.57. The lowest BCUT2D eigenvalue weighted by atomic mass is 9.91. The topological polar surface area (TPSA) is 70.9 Å². The van der Waals surface area contributed by atoms with Crippen molar-refractivity contribution in [3.63, 3.8) is 0 Å². The van der Waals surface area contributed by atoms with Crippen LogP contribution in [0.1, 0.15) is 44.4 Å². The number of nitrogens with zero attached hydrogens (tertiary/aromatic N) is 1. The Morgan fingerprint density at radius 1 is 1.00 bits per heavy atom. The number of H-pyrrole nitrogens is 1. The fourth-order valence-corrected chi connectivity index (χ4v) is 5.61. The fraction of sp³-hybridized carbons (Fsp3) is 0.172. The molecule has 0 bridgehead atoms. The molecule has 0 aliphatic heterocycles. The first-order chi connectivity index (χ1) is 17.1. The van der Waals surface area contributed by atoms with Crippen molar-refractivity contribution in [3.8, 4) is 0 Å². The maximum absolute atomic E-state index is 13.4.